The van der Waals surface area contributed by atoms with Gasteiger partial charge in [-0.25, -0.2) is 24.0 Å². The molecule has 10 nitrogen and oxygen atoms in total. The van der Waals surface area contributed by atoms with Gasteiger partial charge in [-0.2, -0.15) is 5.10 Å². The number of nitrogens with zero attached hydrogens (tertiary/aromatic N) is 6. The van der Waals surface area contributed by atoms with E-state index < -0.39 is 11.3 Å². The van der Waals surface area contributed by atoms with E-state index in [1.807, 2.05) is 32.0 Å². The zero-order valence-electron chi connectivity index (χ0n) is 21.9. The van der Waals surface area contributed by atoms with E-state index in [1.165, 1.54) is 6.07 Å². The number of benzene rings is 1. The van der Waals surface area contributed by atoms with E-state index in [2.05, 4.69) is 30.7 Å². The van der Waals surface area contributed by atoms with Crippen molar-refractivity contribution in [1.29, 1.82) is 0 Å². The van der Waals surface area contributed by atoms with Crippen molar-refractivity contribution < 1.29 is 14.0 Å². The van der Waals surface area contributed by atoms with Crippen molar-refractivity contribution >= 4 is 28.7 Å². The molecule has 0 aliphatic carbocycles. The van der Waals surface area contributed by atoms with Crippen molar-refractivity contribution in [3.05, 3.63) is 65.2 Å². The highest BCUT2D eigenvalue weighted by Crippen LogP contribution is 2.39. The van der Waals surface area contributed by atoms with Crippen LogP contribution < -0.4 is 10.6 Å². The minimum atomic E-state index is -0.998. The van der Waals surface area contributed by atoms with E-state index in [0.29, 0.717) is 34.4 Å². The fourth-order valence-corrected chi connectivity index (χ4v) is 4.37. The van der Waals surface area contributed by atoms with Crippen molar-refractivity contribution in [3.8, 4) is 11.5 Å². The number of hydrogen-bond donors (Lipinski definition) is 2. The van der Waals surface area contributed by atoms with Gasteiger partial charge in [-0.3, -0.25) is 9.59 Å². The molecule has 38 heavy (non-hydrogen) atoms. The summed E-state index contributed by atoms with van der Waals surface area (Å²) in [7, 11) is 3.86. The third-order valence-corrected chi connectivity index (χ3v) is 6.99. The second kappa shape index (κ2) is 9.56. The number of rotatable bonds is 7. The van der Waals surface area contributed by atoms with Gasteiger partial charge in [0.1, 0.15) is 23.0 Å². The molecular formula is C27H29FN8O2. The molecule has 0 saturated heterocycles. The Labute approximate surface area is 219 Å². The number of pyridine rings is 1. The van der Waals surface area contributed by atoms with Gasteiger partial charge in [0.15, 0.2) is 11.5 Å². The zero-order valence-corrected chi connectivity index (χ0v) is 21.9. The summed E-state index contributed by atoms with van der Waals surface area (Å²) in [6.07, 6.45) is 1.63. The SMILES string of the molecule is CC(CNC(=O)c1nc(-c2nn(Cc3ccccc3F)c3ncccc23)nc2c1C(C)(C)C(=O)N2)N(C)C. The van der Waals surface area contributed by atoms with Gasteiger partial charge in [0.05, 0.1) is 17.3 Å². The first-order valence-electron chi connectivity index (χ1n) is 12.3. The van der Waals surface area contributed by atoms with Crippen molar-refractivity contribution in [2.75, 3.05) is 26.0 Å². The standard InChI is InChI=1S/C27H29FN8O2/c1-15(35(4)5)13-30-25(37)21-19-22(33-26(38)27(19,2)3)32-23(31-21)20-17-10-8-12-29-24(17)36(34-20)14-16-9-6-7-11-18(16)28/h6-12,15H,13-14H2,1-5H3,(H,30,37)(H,31,32,33,38). The van der Waals surface area contributed by atoms with Crippen LogP contribution in [0.1, 0.15) is 42.4 Å². The monoisotopic (exact) mass is 516 g/mol. The van der Waals surface area contributed by atoms with E-state index in [9.17, 15) is 14.0 Å². The Morgan fingerprint density at radius 2 is 1.95 bits per heavy atom. The molecule has 1 atom stereocenters. The molecule has 1 aliphatic heterocycles. The number of carbonyl (C=O) groups is 2. The number of anilines is 1. The average molecular weight is 517 g/mol. The molecule has 196 valence electrons. The number of aromatic nitrogens is 5. The molecule has 11 heteroatoms. The summed E-state index contributed by atoms with van der Waals surface area (Å²) in [6, 6.07) is 10.1. The average Bonchev–Trinajstić information content (AvgIpc) is 3.36. The number of fused-ring (bicyclic) bond motifs is 2. The summed E-state index contributed by atoms with van der Waals surface area (Å²) in [5, 5.41) is 11.1. The largest absolute Gasteiger partial charge is 0.349 e. The molecule has 1 unspecified atom stereocenters. The number of likely N-dealkylation sites (N-methyl/N-ethyl adjacent to an activating group) is 1. The molecule has 0 fully saturated rings. The van der Waals surface area contributed by atoms with Crippen molar-refractivity contribution in [2.45, 2.75) is 38.8 Å². The second-order valence-electron chi connectivity index (χ2n) is 10.2. The summed E-state index contributed by atoms with van der Waals surface area (Å²) in [5.41, 5.74) is 0.899. The number of carbonyl (C=O) groups excluding carboxylic acids is 2. The van der Waals surface area contributed by atoms with Gasteiger partial charge >= 0.3 is 0 Å². The van der Waals surface area contributed by atoms with Gasteiger partial charge in [-0.15, -0.1) is 0 Å². The lowest BCUT2D eigenvalue weighted by Gasteiger charge is -2.21. The summed E-state index contributed by atoms with van der Waals surface area (Å²) in [5.74, 6) is -0.588. The Bertz CT molecular complexity index is 1560. The molecule has 4 aromatic rings. The first-order chi connectivity index (χ1) is 18.1. The highest BCUT2D eigenvalue weighted by atomic mass is 19.1. The first kappa shape index (κ1) is 25.4. The lowest BCUT2D eigenvalue weighted by atomic mass is 9.85. The van der Waals surface area contributed by atoms with Gasteiger partial charge in [-0.05, 0) is 53.1 Å². The lowest BCUT2D eigenvalue weighted by molar-refractivity contribution is -0.119. The molecule has 0 spiro atoms. The van der Waals surface area contributed by atoms with E-state index >= 15 is 0 Å². The number of nitrogens with one attached hydrogen (secondary N) is 2. The number of amides is 2. The number of halogens is 1. The summed E-state index contributed by atoms with van der Waals surface area (Å²) >= 11 is 0. The predicted molar refractivity (Wildman–Crippen MR) is 141 cm³/mol. The smallest absolute Gasteiger partial charge is 0.270 e. The van der Waals surface area contributed by atoms with Gasteiger partial charge < -0.3 is 15.5 Å². The summed E-state index contributed by atoms with van der Waals surface area (Å²) in [4.78, 5) is 41.9. The Morgan fingerprint density at radius 1 is 1.18 bits per heavy atom. The Kier molecular flexibility index (Phi) is 6.39. The van der Waals surface area contributed by atoms with E-state index in [-0.39, 0.29) is 41.6 Å². The maximum Gasteiger partial charge on any atom is 0.270 e. The van der Waals surface area contributed by atoms with Crippen molar-refractivity contribution in [3.63, 3.8) is 0 Å². The molecule has 5 rings (SSSR count). The Hall–Kier alpha value is -4.25. The molecule has 1 aliphatic rings. The van der Waals surface area contributed by atoms with Gasteiger partial charge in [-0.1, -0.05) is 18.2 Å². The molecule has 0 radical (unpaired) electrons. The van der Waals surface area contributed by atoms with Crippen LogP contribution >= 0.6 is 0 Å². The summed E-state index contributed by atoms with van der Waals surface area (Å²) in [6.45, 7) is 6.00. The third kappa shape index (κ3) is 4.38. The normalized spacial score (nSPS) is 15.0. The molecule has 2 N–H and O–H groups in total. The molecular weight excluding hydrogens is 487 g/mol. The summed E-state index contributed by atoms with van der Waals surface area (Å²) < 4.78 is 16.0. The second-order valence-corrected chi connectivity index (χ2v) is 10.2. The van der Waals surface area contributed by atoms with Crippen LogP contribution in [0.4, 0.5) is 10.2 Å². The fourth-order valence-electron chi connectivity index (χ4n) is 4.37. The molecule has 0 saturated carbocycles. The highest BCUT2D eigenvalue weighted by molar-refractivity contribution is 6.09. The Balaban J connectivity index is 1.63. The minimum Gasteiger partial charge on any atom is -0.349 e. The van der Waals surface area contributed by atoms with Crippen molar-refractivity contribution in [1.82, 2.24) is 34.9 Å². The minimum absolute atomic E-state index is 0.0881. The van der Waals surface area contributed by atoms with Crippen LogP contribution in [0.15, 0.2) is 42.6 Å². The fraction of sp³-hybridized carbons (Fsp3) is 0.333. The third-order valence-electron chi connectivity index (χ3n) is 6.99. The maximum atomic E-state index is 14.4. The zero-order chi connectivity index (χ0) is 27.2. The van der Waals surface area contributed by atoms with Crippen LogP contribution in [-0.4, -0.2) is 68.1 Å². The molecule has 1 aromatic carbocycles. The molecule has 4 heterocycles. The number of hydrogen-bond acceptors (Lipinski definition) is 7. The van der Waals surface area contributed by atoms with Gasteiger partial charge in [0, 0.05) is 29.9 Å². The van der Waals surface area contributed by atoms with Crippen LogP contribution in [0.5, 0.6) is 0 Å². The molecule has 0 bridgehead atoms. The predicted octanol–water partition coefficient (Wildman–Crippen LogP) is 2.99. The van der Waals surface area contributed by atoms with Crippen LogP contribution in [0, 0.1) is 5.82 Å². The quantitative estimate of drug-likeness (QED) is 0.388. The lowest BCUT2D eigenvalue weighted by Crippen LogP contribution is -2.39. The van der Waals surface area contributed by atoms with E-state index in [4.69, 9.17) is 0 Å². The molecule has 2 amide bonds. The molecule has 3 aromatic heterocycles. The van der Waals surface area contributed by atoms with E-state index in [0.717, 1.165) is 0 Å². The van der Waals surface area contributed by atoms with Crippen LogP contribution in [0.3, 0.4) is 0 Å². The van der Waals surface area contributed by atoms with Gasteiger partial charge in [0.25, 0.3) is 5.91 Å². The topological polar surface area (TPSA) is 118 Å². The highest BCUT2D eigenvalue weighted by Gasteiger charge is 2.44. The van der Waals surface area contributed by atoms with Crippen LogP contribution in [0.25, 0.3) is 22.6 Å². The Morgan fingerprint density at radius 3 is 2.68 bits per heavy atom. The maximum absolute atomic E-state index is 14.4. The van der Waals surface area contributed by atoms with Crippen LogP contribution in [0.2, 0.25) is 0 Å². The van der Waals surface area contributed by atoms with Crippen LogP contribution in [-0.2, 0) is 16.8 Å². The van der Waals surface area contributed by atoms with Crippen molar-refractivity contribution in [2.24, 2.45) is 0 Å². The first-order valence-corrected chi connectivity index (χ1v) is 12.3. The van der Waals surface area contributed by atoms with Gasteiger partial charge in [0.2, 0.25) is 5.91 Å². The van der Waals surface area contributed by atoms with E-state index in [1.54, 1.807) is 49.0 Å².